The average Bonchev–Trinajstić information content (AvgIpc) is 2.88. The third-order valence-electron chi connectivity index (χ3n) is 2.62. The maximum absolute atomic E-state index is 11.9. The molecule has 19 heavy (non-hydrogen) atoms. The van der Waals surface area contributed by atoms with Gasteiger partial charge in [-0.3, -0.25) is 0 Å². The summed E-state index contributed by atoms with van der Waals surface area (Å²) in [6.07, 6.45) is -1.39. The van der Waals surface area contributed by atoms with E-state index in [1.807, 2.05) is 36.5 Å². The Morgan fingerprint density at radius 1 is 1.16 bits per heavy atom. The summed E-state index contributed by atoms with van der Waals surface area (Å²) in [7, 11) is 0. The zero-order chi connectivity index (χ0) is 13.7. The second-order valence-corrected chi connectivity index (χ2v) is 4.16. The number of hydrogen-bond donors (Lipinski definition) is 1. The highest BCUT2D eigenvalue weighted by molar-refractivity contribution is 5.33. The van der Waals surface area contributed by atoms with Crippen LogP contribution in [-0.2, 0) is 6.54 Å². The zero-order valence-corrected chi connectivity index (χ0v) is 10.2. The monoisotopic (exact) mass is 269 g/mol. The Balaban J connectivity index is 1.83. The van der Waals surface area contributed by atoms with E-state index >= 15 is 0 Å². The molecule has 102 valence electrons. The van der Waals surface area contributed by atoms with Crippen LogP contribution in [0.3, 0.4) is 0 Å². The van der Waals surface area contributed by atoms with Gasteiger partial charge in [0.1, 0.15) is 0 Å². The first kappa shape index (κ1) is 13.6. The lowest BCUT2D eigenvalue weighted by Crippen LogP contribution is -2.21. The lowest BCUT2D eigenvalue weighted by Gasteiger charge is -2.08. The van der Waals surface area contributed by atoms with Crippen LogP contribution in [0.2, 0.25) is 0 Å². The molecule has 2 rings (SSSR count). The molecule has 1 aromatic heterocycles. The van der Waals surface area contributed by atoms with Crippen LogP contribution in [0.5, 0.6) is 0 Å². The van der Waals surface area contributed by atoms with Crippen molar-refractivity contribution < 1.29 is 13.2 Å². The van der Waals surface area contributed by atoms with Gasteiger partial charge >= 0.3 is 6.18 Å². The van der Waals surface area contributed by atoms with Crippen molar-refractivity contribution in [2.24, 2.45) is 0 Å². The molecule has 1 heterocycles. The summed E-state index contributed by atoms with van der Waals surface area (Å²) in [5, 5.41) is 6.86. The highest BCUT2D eigenvalue weighted by Crippen LogP contribution is 2.18. The van der Waals surface area contributed by atoms with Gasteiger partial charge in [-0.2, -0.15) is 18.3 Å². The van der Waals surface area contributed by atoms with E-state index in [9.17, 15) is 13.2 Å². The third kappa shape index (κ3) is 4.40. The van der Waals surface area contributed by atoms with Crippen molar-refractivity contribution in [2.45, 2.75) is 19.1 Å². The van der Waals surface area contributed by atoms with Gasteiger partial charge in [0.05, 0.1) is 12.1 Å². The predicted octanol–water partition coefficient (Wildman–Crippen LogP) is 2.91. The Hall–Kier alpha value is -1.82. The largest absolute Gasteiger partial charge is 0.390 e. The molecule has 3 nitrogen and oxygen atoms in total. The molecule has 1 N–H and O–H groups in total. The van der Waals surface area contributed by atoms with E-state index in [0.717, 1.165) is 11.3 Å². The second kappa shape index (κ2) is 5.88. The molecule has 0 radical (unpaired) electrons. The Labute approximate surface area is 109 Å². The minimum atomic E-state index is -4.10. The molecule has 6 heteroatoms. The average molecular weight is 269 g/mol. The summed E-state index contributed by atoms with van der Waals surface area (Å²) in [5.74, 6) is 0. The number of aromatic nitrogens is 2. The van der Waals surface area contributed by atoms with Crippen LogP contribution in [0, 0.1) is 0 Å². The fraction of sp³-hybridized carbons (Fsp3) is 0.308. The number of nitrogens with one attached hydrogen (secondary N) is 1. The van der Waals surface area contributed by atoms with Gasteiger partial charge in [-0.15, -0.1) is 0 Å². The van der Waals surface area contributed by atoms with E-state index in [1.165, 1.54) is 0 Å². The first-order valence-electron chi connectivity index (χ1n) is 5.91. The molecule has 0 amide bonds. The second-order valence-electron chi connectivity index (χ2n) is 4.16. The van der Waals surface area contributed by atoms with Crippen LogP contribution in [0.15, 0.2) is 42.7 Å². The van der Waals surface area contributed by atoms with Gasteiger partial charge in [-0.05, 0) is 23.8 Å². The van der Waals surface area contributed by atoms with Crippen LogP contribution in [0.4, 0.5) is 13.2 Å². The van der Waals surface area contributed by atoms with E-state index in [1.54, 1.807) is 10.9 Å². The molecule has 0 fully saturated rings. The number of rotatable bonds is 5. The maximum atomic E-state index is 11.9. The van der Waals surface area contributed by atoms with Gasteiger partial charge in [-0.1, -0.05) is 12.1 Å². The molecule has 0 bridgehead atoms. The highest BCUT2D eigenvalue weighted by atomic mass is 19.4. The van der Waals surface area contributed by atoms with E-state index < -0.39 is 12.6 Å². The quantitative estimate of drug-likeness (QED) is 0.846. The van der Waals surface area contributed by atoms with Crippen molar-refractivity contribution in [2.75, 3.05) is 6.54 Å². The number of halogens is 3. The van der Waals surface area contributed by atoms with Crippen molar-refractivity contribution in [1.29, 1.82) is 0 Å². The molecule has 1 aromatic carbocycles. The molecule has 0 saturated heterocycles. The van der Waals surface area contributed by atoms with Crippen molar-refractivity contribution in [3.8, 4) is 5.69 Å². The van der Waals surface area contributed by atoms with Gasteiger partial charge in [0.25, 0.3) is 0 Å². The van der Waals surface area contributed by atoms with Crippen LogP contribution < -0.4 is 5.32 Å². The van der Waals surface area contributed by atoms with E-state index in [-0.39, 0.29) is 6.54 Å². The van der Waals surface area contributed by atoms with Crippen molar-refractivity contribution in [3.05, 3.63) is 48.3 Å². The predicted molar refractivity (Wildman–Crippen MR) is 65.9 cm³/mol. The van der Waals surface area contributed by atoms with Crippen molar-refractivity contribution in [3.63, 3.8) is 0 Å². The minimum Gasteiger partial charge on any atom is -0.312 e. The third-order valence-corrected chi connectivity index (χ3v) is 2.62. The molecule has 0 saturated carbocycles. The summed E-state index contributed by atoms with van der Waals surface area (Å²) < 4.78 is 37.5. The van der Waals surface area contributed by atoms with Gasteiger partial charge < -0.3 is 5.32 Å². The Kier molecular flexibility index (Phi) is 4.21. The minimum absolute atomic E-state index is 0.0651. The summed E-state index contributed by atoms with van der Waals surface area (Å²) in [4.78, 5) is 0. The maximum Gasteiger partial charge on any atom is 0.390 e. The van der Waals surface area contributed by atoms with Gasteiger partial charge in [0.15, 0.2) is 0 Å². The molecule has 0 unspecified atom stereocenters. The van der Waals surface area contributed by atoms with Crippen LogP contribution >= 0.6 is 0 Å². The zero-order valence-electron chi connectivity index (χ0n) is 10.2. The summed E-state index contributed by atoms with van der Waals surface area (Å²) >= 11 is 0. The van der Waals surface area contributed by atoms with E-state index in [0.29, 0.717) is 6.54 Å². The normalized spacial score (nSPS) is 11.7. The molecule has 0 aliphatic carbocycles. The molecule has 2 aromatic rings. The molecule has 0 spiro atoms. The number of alkyl halides is 3. The number of nitrogens with zero attached hydrogens (tertiary/aromatic N) is 2. The van der Waals surface area contributed by atoms with E-state index in [2.05, 4.69) is 10.4 Å². The first-order chi connectivity index (χ1) is 9.04. The summed E-state index contributed by atoms with van der Waals surface area (Å²) in [6, 6.07) is 9.34. The first-order valence-corrected chi connectivity index (χ1v) is 5.91. The summed E-state index contributed by atoms with van der Waals surface area (Å²) in [6.45, 7) is 0.361. The fourth-order valence-electron chi connectivity index (χ4n) is 1.65. The Morgan fingerprint density at radius 2 is 1.89 bits per heavy atom. The van der Waals surface area contributed by atoms with Crippen LogP contribution in [0.1, 0.15) is 12.0 Å². The molecule has 0 aliphatic heterocycles. The molecule has 0 atom stereocenters. The van der Waals surface area contributed by atoms with Crippen LogP contribution in [-0.4, -0.2) is 22.5 Å². The highest BCUT2D eigenvalue weighted by Gasteiger charge is 2.25. The summed E-state index contributed by atoms with van der Waals surface area (Å²) in [5.41, 5.74) is 1.86. The van der Waals surface area contributed by atoms with E-state index in [4.69, 9.17) is 0 Å². The fourth-order valence-corrected chi connectivity index (χ4v) is 1.65. The Bertz CT molecular complexity index is 489. The topological polar surface area (TPSA) is 29.9 Å². The SMILES string of the molecule is FC(F)(F)CCNCc1ccc(-n2cccn2)cc1. The standard InChI is InChI=1S/C13H14F3N3/c14-13(15,16)6-8-17-10-11-2-4-12(5-3-11)19-9-1-7-18-19/h1-5,7,9,17H,6,8,10H2. The number of hydrogen-bond acceptors (Lipinski definition) is 2. The van der Waals surface area contributed by atoms with Crippen molar-refractivity contribution in [1.82, 2.24) is 15.1 Å². The van der Waals surface area contributed by atoms with Gasteiger partial charge in [-0.25, -0.2) is 4.68 Å². The molecular formula is C13H14F3N3. The molecule has 0 aliphatic rings. The lowest BCUT2D eigenvalue weighted by atomic mass is 10.2. The van der Waals surface area contributed by atoms with Gasteiger partial charge in [0, 0.05) is 25.5 Å². The Morgan fingerprint density at radius 3 is 2.47 bits per heavy atom. The number of benzene rings is 1. The smallest absolute Gasteiger partial charge is 0.312 e. The van der Waals surface area contributed by atoms with Gasteiger partial charge in [0.2, 0.25) is 0 Å². The molecular weight excluding hydrogens is 255 g/mol. The lowest BCUT2D eigenvalue weighted by molar-refractivity contribution is -0.133. The van der Waals surface area contributed by atoms with Crippen molar-refractivity contribution >= 4 is 0 Å². The van der Waals surface area contributed by atoms with Crippen LogP contribution in [0.25, 0.3) is 5.69 Å².